The summed E-state index contributed by atoms with van der Waals surface area (Å²) in [5.74, 6) is 0. The molecule has 0 atom stereocenters. The quantitative estimate of drug-likeness (QED) is 0.182. The maximum absolute atomic E-state index is 12.9. The van der Waals surface area contributed by atoms with Crippen LogP contribution in [-0.4, -0.2) is 42.6 Å². The number of anilines is 1. The van der Waals surface area contributed by atoms with E-state index in [1.807, 2.05) is 35.6 Å². The zero-order valence-electron chi connectivity index (χ0n) is 31.9. The molecule has 61 heavy (non-hydrogen) atoms. The molecule has 0 spiro atoms. The minimum Gasteiger partial charge on any atom is -0.363 e. The van der Waals surface area contributed by atoms with Crippen LogP contribution < -0.4 is 21.3 Å². The van der Waals surface area contributed by atoms with Crippen LogP contribution >= 0.6 is 80.7 Å². The number of halogens is 5. The third-order valence-corrected chi connectivity index (χ3v) is 13.5. The molecule has 4 aromatic carbocycles. The molecule has 10 rings (SSSR count). The van der Waals surface area contributed by atoms with E-state index in [0.29, 0.717) is 33.7 Å². The van der Waals surface area contributed by atoms with Crippen LogP contribution in [0.3, 0.4) is 0 Å². The highest BCUT2D eigenvalue weighted by molar-refractivity contribution is 7.15. The van der Waals surface area contributed by atoms with Gasteiger partial charge in [0.1, 0.15) is 20.1 Å². The number of aromatic nitrogens is 6. The fourth-order valence-electron chi connectivity index (χ4n) is 6.58. The maximum Gasteiger partial charge on any atom is 0.292 e. The Balaban J connectivity index is 0.000000139. The first-order chi connectivity index (χ1) is 29.6. The molecule has 0 saturated heterocycles. The van der Waals surface area contributed by atoms with Gasteiger partial charge in [0.25, 0.3) is 11.1 Å². The Morgan fingerprint density at radius 2 is 1.13 bits per heavy atom. The van der Waals surface area contributed by atoms with Crippen LogP contribution in [0.4, 0.5) is 5.69 Å². The number of benzene rings is 4. The van der Waals surface area contributed by atoms with E-state index in [1.165, 1.54) is 31.9 Å². The summed E-state index contributed by atoms with van der Waals surface area (Å²) >= 11 is 33.3. The van der Waals surface area contributed by atoms with Crippen molar-refractivity contribution < 1.29 is 0 Å². The highest BCUT2D eigenvalue weighted by Crippen LogP contribution is 2.35. The van der Waals surface area contributed by atoms with Crippen molar-refractivity contribution in [2.24, 2.45) is 0 Å². The van der Waals surface area contributed by atoms with E-state index in [0.717, 1.165) is 58.4 Å². The van der Waals surface area contributed by atoms with Gasteiger partial charge in [0, 0.05) is 63.4 Å². The van der Waals surface area contributed by atoms with E-state index < -0.39 is 5.56 Å². The van der Waals surface area contributed by atoms with Crippen molar-refractivity contribution in [3.63, 3.8) is 0 Å². The Kier molecular flexibility index (Phi) is 13.6. The van der Waals surface area contributed by atoms with Gasteiger partial charge in [0.15, 0.2) is 0 Å². The van der Waals surface area contributed by atoms with Crippen LogP contribution in [0.2, 0.25) is 25.1 Å². The molecule has 0 unspecified atom stereocenters. The Bertz CT molecular complexity index is 2920. The second kappa shape index (κ2) is 19.4. The van der Waals surface area contributed by atoms with Crippen molar-refractivity contribution in [3.8, 4) is 32.5 Å². The summed E-state index contributed by atoms with van der Waals surface area (Å²) in [6.07, 6.45) is 4.83. The first kappa shape index (κ1) is 42.8. The first-order valence-electron chi connectivity index (χ1n) is 18.9. The lowest BCUT2D eigenvalue weighted by atomic mass is 10.1. The molecule has 0 bridgehead atoms. The van der Waals surface area contributed by atoms with E-state index in [9.17, 15) is 9.59 Å². The smallest absolute Gasteiger partial charge is 0.292 e. The van der Waals surface area contributed by atoms with Gasteiger partial charge in [-0.2, -0.15) is 19.6 Å². The summed E-state index contributed by atoms with van der Waals surface area (Å²) in [4.78, 5) is 38.8. The van der Waals surface area contributed by atoms with Crippen LogP contribution in [0.25, 0.3) is 32.5 Å². The van der Waals surface area contributed by atoms with Gasteiger partial charge in [0.05, 0.1) is 52.4 Å². The predicted octanol–water partition coefficient (Wildman–Crippen LogP) is 10.9. The molecule has 4 aromatic heterocycles. The minimum atomic E-state index is -0.476. The fraction of sp³-hybridized carbons (Fsp3) is 0.136. The number of rotatable bonds is 5. The molecule has 17 heteroatoms. The van der Waals surface area contributed by atoms with Crippen molar-refractivity contribution in [3.05, 3.63) is 189 Å². The standard InChI is InChI=1S/C22H16Cl2N4OS.C12H12N2S.C10H5Cl3N2O/c23-15-7-4-8-16(11-15)28-22(29)20(24)18(12-25-28)27-10-9-17-19(13-27)30-21(26-17)14-5-2-1-3-6-14;1-2-4-9(5-3-1)12-14-10-6-7-13-8-11(10)15-12;11-6-2-1-3-7(4-6)15-10(16)9(13)8(12)5-14-15/h1-8,11-12H,9-10,13H2;1-5,13H,6-8H2;1-5H. The maximum atomic E-state index is 12.9. The van der Waals surface area contributed by atoms with E-state index in [1.54, 1.807) is 66.1 Å². The zero-order valence-corrected chi connectivity index (χ0v) is 37.4. The molecule has 0 aliphatic carbocycles. The van der Waals surface area contributed by atoms with Gasteiger partial charge in [-0.25, -0.2) is 9.97 Å². The molecule has 2 aliphatic heterocycles. The molecule has 8 aromatic rings. The van der Waals surface area contributed by atoms with Crippen molar-refractivity contribution in [2.45, 2.75) is 25.9 Å². The van der Waals surface area contributed by atoms with Gasteiger partial charge in [-0.15, -0.1) is 22.7 Å². The molecule has 2 aliphatic rings. The van der Waals surface area contributed by atoms with E-state index in [4.69, 9.17) is 68.0 Å². The number of nitrogens with one attached hydrogen (secondary N) is 1. The average Bonchev–Trinajstić information content (AvgIpc) is 3.93. The number of hydrogen-bond donors (Lipinski definition) is 1. The van der Waals surface area contributed by atoms with Crippen molar-refractivity contribution in [1.29, 1.82) is 0 Å². The first-order valence-corrected chi connectivity index (χ1v) is 22.4. The summed E-state index contributed by atoms with van der Waals surface area (Å²) < 4.78 is 2.41. The Morgan fingerprint density at radius 1 is 0.590 bits per heavy atom. The molecule has 0 amide bonds. The van der Waals surface area contributed by atoms with Gasteiger partial charge >= 0.3 is 0 Å². The van der Waals surface area contributed by atoms with Crippen LogP contribution in [-0.2, 0) is 25.9 Å². The lowest BCUT2D eigenvalue weighted by Crippen LogP contribution is -2.32. The third-order valence-electron chi connectivity index (χ3n) is 9.60. The minimum absolute atomic E-state index is 0.0587. The monoisotopic (exact) mass is 944 g/mol. The van der Waals surface area contributed by atoms with Crippen LogP contribution in [0.15, 0.2) is 131 Å². The average molecular weight is 947 g/mol. The van der Waals surface area contributed by atoms with Crippen molar-refractivity contribution in [1.82, 2.24) is 34.8 Å². The Hall–Kier alpha value is -4.89. The van der Waals surface area contributed by atoms with Crippen molar-refractivity contribution in [2.75, 3.05) is 18.0 Å². The Morgan fingerprint density at radius 3 is 1.70 bits per heavy atom. The predicted molar refractivity (Wildman–Crippen MR) is 250 cm³/mol. The number of thiazole rings is 2. The van der Waals surface area contributed by atoms with Crippen LogP contribution in [0.1, 0.15) is 21.1 Å². The second-order valence-electron chi connectivity index (χ2n) is 13.7. The molecular formula is C44H33Cl5N8O2S2. The highest BCUT2D eigenvalue weighted by atomic mass is 35.5. The van der Waals surface area contributed by atoms with Crippen LogP contribution in [0, 0.1) is 0 Å². The summed E-state index contributed by atoms with van der Waals surface area (Å²) in [6.45, 7) is 3.43. The van der Waals surface area contributed by atoms with E-state index in [2.05, 4.69) is 56.8 Å². The topological polar surface area (TPSA) is 111 Å². The Labute approximate surface area is 383 Å². The molecule has 0 saturated carbocycles. The lowest BCUT2D eigenvalue weighted by Gasteiger charge is -2.28. The molecule has 0 fully saturated rings. The molecule has 0 radical (unpaired) electrons. The van der Waals surface area contributed by atoms with Gasteiger partial charge in [-0.05, 0) is 36.4 Å². The molecular weight excluding hydrogens is 914 g/mol. The van der Waals surface area contributed by atoms with E-state index in [-0.39, 0.29) is 20.6 Å². The second-order valence-corrected chi connectivity index (χ2v) is 17.9. The van der Waals surface area contributed by atoms with Gasteiger partial charge in [-0.1, -0.05) is 131 Å². The molecule has 1 N–H and O–H groups in total. The third kappa shape index (κ3) is 9.93. The summed E-state index contributed by atoms with van der Waals surface area (Å²) in [5.41, 5.74) is 5.68. The fourth-order valence-corrected chi connectivity index (χ4v) is 9.66. The van der Waals surface area contributed by atoms with Crippen LogP contribution in [0.5, 0.6) is 0 Å². The zero-order chi connectivity index (χ0) is 42.5. The lowest BCUT2D eigenvalue weighted by molar-refractivity contribution is 0.644. The summed E-state index contributed by atoms with van der Waals surface area (Å²) in [5, 5.41) is 15.0. The van der Waals surface area contributed by atoms with Gasteiger partial charge in [0.2, 0.25) is 0 Å². The number of fused-ring (bicyclic) bond motifs is 2. The normalized spacial score (nSPS) is 13.0. The molecule has 10 nitrogen and oxygen atoms in total. The molecule has 6 heterocycles. The summed E-state index contributed by atoms with van der Waals surface area (Å²) in [6, 6.07) is 34.3. The van der Waals surface area contributed by atoms with Gasteiger partial charge in [-0.3, -0.25) is 9.59 Å². The SMILES string of the molecule is O=c1c(Cl)c(Cl)cnn1-c1cccc(Cl)c1.O=c1c(Cl)c(N2CCc3nc(-c4ccccc4)sc3C2)cnn1-c1cccc(Cl)c1.c1ccc(-c2nc3c(s2)CNCC3)cc1. The van der Waals surface area contributed by atoms with Crippen molar-refractivity contribution >= 4 is 86.4 Å². The summed E-state index contributed by atoms with van der Waals surface area (Å²) in [7, 11) is 0. The number of nitrogens with zero attached hydrogens (tertiary/aromatic N) is 7. The van der Waals surface area contributed by atoms with Gasteiger partial charge < -0.3 is 10.2 Å². The number of hydrogen-bond acceptors (Lipinski definition) is 10. The largest absolute Gasteiger partial charge is 0.363 e. The highest BCUT2D eigenvalue weighted by Gasteiger charge is 2.25. The van der Waals surface area contributed by atoms with E-state index >= 15 is 0 Å². The molecule has 308 valence electrons.